The van der Waals surface area contributed by atoms with Crippen molar-refractivity contribution >= 4 is 29.3 Å². The van der Waals surface area contributed by atoms with Crippen LogP contribution >= 0.6 is 11.6 Å². The molecule has 0 radical (unpaired) electrons. The van der Waals surface area contributed by atoms with E-state index in [1.165, 1.54) is 12.1 Å². The minimum atomic E-state index is -0.947. The van der Waals surface area contributed by atoms with Crippen LogP contribution in [-0.2, 0) is 4.79 Å². The fourth-order valence-electron chi connectivity index (χ4n) is 2.17. The molecule has 1 aliphatic rings. The highest BCUT2D eigenvalue weighted by atomic mass is 35.5. The molecule has 1 N–H and O–H groups in total. The summed E-state index contributed by atoms with van der Waals surface area (Å²) in [4.78, 5) is 12.2. The van der Waals surface area contributed by atoms with E-state index in [2.05, 4.69) is 5.32 Å². The molecule has 0 aromatic heterocycles. The lowest BCUT2D eigenvalue weighted by molar-refractivity contribution is -0.112. The SMILES string of the molecule is N#C/C(=C\c1cc(Cl)c2c(c1)OCO2)C(=O)Nc1ccc(F)cc1F. The third-order valence-corrected chi connectivity index (χ3v) is 3.59. The van der Waals surface area contributed by atoms with Gasteiger partial charge in [0.2, 0.25) is 6.79 Å². The largest absolute Gasteiger partial charge is 0.454 e. The Bertz CT molecular complexity index is 938. The third-order valence-electron chi connectivity index (χ3n) is 3.30. The predicted molar refractivity (Wildman–Crippen MR) is 86.2 cm³/mol. The van der Waals surface area contributed by atoms with Gasteiger partial charge in [0, 0.05) is 6.07 Å². The zero-order valence-corrected chi connectivity index (χ0v) is 13.2. The number of halogens is 3. The van der Waals surface area contributed by atoms with Crippen LogP contribution in [0, 0.1) is 23.0 Å². The number of nitrogens with one attached hydrogen (secondary N) is 1. The number of carbonyl (C=O) groups is 1. The lowest BCUT2D eigenvalue weighted by Gasteiger charge is -2.06. The van der Waals surface area contributed by atoms with Gasteiger partial charge in [0.05, 0.1) is 10.7 Å². The number of nitrogens with zero attached hydrogens (tertiary/aromatic N) is 1. The quantitative estimate of drug-likeness (QED) is 0.664. The molecule has 1 aliphatic heterocycles. The van der Waals surface area contributed by atoms with E-state index in [1.807, 2.05) is 0 Å². The summed E-state index contributed by atoms with van der Waals surface area (Å²) < 4.78 is 36.9. The molecule has 0 saturated heterocycles. The second-order valence-corrected chi connectivity index (χ2v) is 5.39. The van der Waals surface area contributed by atoms with Gasteiger partial charge < -0.3 is 14.8 Å². The maximum absolute atomic E-state index is 13.6. The van der Waals surface area contributed by atoms with Gasteiger partial charge in [-0.25, -0.2) is 8.78 Å². The van der Waals surface area contributed by atoms with Crippen molar-refractivity contribution in [1.29, 1.82) is 5.26 Å². The summed E-state index contributed by atoms with van der Waals surface area (Å²) in [5, 5.41) is 11.7. The summed E-state index contributed by atoms with van der Waals surface area (Å²) in [6.07, 6.45) is 1.27. The number of anilines is 1. The van der Waals surface area contributed by atoms with Gasteiger partial charge in [0.1, 0.15) is 23.3 Å². The van der Waals surface area contributed by atoms with Gasteiger partial charge in [0.15, 0.2) is 11.5 Å². The predicted octanol–water partition coefficient (Wildman–Crippen LogP) is 3.89. The molecule has 3 rings (SSSR count). The van der Waals surface area contributed by atoms with Gasteiger partial charge in [-0.3, -0.25) is 4.79 Å². The average Bonchev–Trinajstić information content (AvgIpc) is 3.04. The summed E-state index contributed by atoms with van der Waals surface area (Å²) in [5.74, 6) is -1.80. The van der Waals surface area contributed by atoms with E-state index in [4.69, 9.17) is 21.1 Å². The molecule has 0 aliphatic carbocycles. The number of fused-ring (bicyclic) bond motifs is 1. The van der Waals surface area contributed by atoms with Crippen molar-refractivity contribution in [3.8, 4) is 17.6 Å². The number of nitriles is 1. The van der Waals surface area contributed by atoms with Gasteiger partial charge in [-0.15, -0.1) is 0 Å². The minimum Gasteiger partial charge on any atom is -0.454 e. The first-order valence-electron chi connectivity index (χ1n) is 6.95. The zero-order chi connectivity index (χ0) is 18.0. The number of amides is 1. The molecular formula is C17H9ClF2N2O3. The standard InChI is InChI=1S/C17H9ClF2N2O3/c18-12-4-9(5-15-16(12)25-8-24-15)3-10(7-21)17(23)22-14-2-1-11(19)6-13(14)20/h1-6H,8H2,(H,22,23)/b10-3+. The monoisotopic (exact) mass is 362 g/mol. The molecule has 8 heteroatoms. The highest BCUT2D eigenvalue weighted by Gasteiger charge is 2.19. The van der Waals surface area contributed by atoms with E-state index in [9.17, 15) is 18.8 Å². The van der Waals surface area contributed by atoms with Crippen LogP contribution in [0.3, 0.4) is 0 Å². The summed E-state index contributed by atoms with van der Waals surface area (Å²) in [6, 6.07) is 7.46. The Balaban J connectivity index is 1.87. The number of hydrogen-bond donors (Lipinski definition) is 1. The van der Waals surface area contributed by atoms with E-state index in [1.54, 1.807) is 12.1 Å². The maximum Gasteiger partial charge on any atom is 0.266 e. The molecule has 0 saturated carbocycles. The topological polar surface area (TPSA) is 71.3 Å². The molecule has 0 atom stereocenters. The second kappa shape index (κ2) is 6.79. The highest BCUT2D eigenvalue weighted by Crippen LogP contribution is 2.40. The van der Waals surface area contributed by atoms with Gasteiger partial charge >= 0.3 is 0 Å². The van der Waals surface area contributed by atoms with E-state index in [0.717, 1.165) is 12.1 Å². The molecule has 0 bridgehead atoms. The first-order valence-corrected chi connectivity index (χ1v) is 7.33. The van der Waals surface area contributed by atoms with Crippen LogP contribution in [0.2, 0.25) is 5.02 Å². The van der Waals surface area contributed by atoms with Crippen molar-refractivity contribution in [3.63, 3.8) is 0 Å². The summed E-state index contributed by atoms with van der Waals surface area (Å²) >= 11 is 6.04. The van der Waals surface area contributed by atoms with E-state index >= 15 is 0 Å². The lowest BCUT2D eigenvalue weighted by Crippen LogP contribution is -2.14. The van der Waals surface area contributed by atoms with Gasteiger partial charge in [-0.1, -0.05) is 11.6 Å². The Labute approximate surface area is 146 Å². The number of hydrogen-bond acceptors (Lipinski definition) is 4. The lowest BCUT2D eigenvalue weighted by atomic mass is 10.1. The van der Waals surface area contributed by atoms with Crippen molar-refractivity contribution in [2.75, 3.05) is 12.1 Å². The van der Waals surface area contributed by atoms with Gasteiger partial charge in [-0.2, -0.15) is 5.26 Å². The Morgan fingerprint density at radius 2 is 2.08 bits per heavy atom. The summed E-state index contributed by atoms with van der Waals surface area (Å²) in [7, 11) is 0. The van der Waals surface area contributed by atoms with Crippen LogP contribution < -0.4 is 14.8 Å². The number of rotatable bonds is 3. The fourth-order valence-corrected chi connectivity index (χ4v) is 2.44. The summed E-state index contributed by atoms with van der Waals surface area (Å²) in [6.45, 7) is 0.0255. The highest BCUT2D eigenvalue weighted by molar-refractivity contribution is 6.32. The van der Waals surface area contributed by atoms with Crippen molar-refractivity contribution in [2.24, 2.45) is 0 Å². The van der Waals surface area contributed by atoms with Crippen LogP contribution in [0.4, 0.5) is 14.5 Å². The molecule has 5 nitrogen and oxygen atoms in total. The molecule has 25 heavy (non-hydrogen) atoms. The molecule has 2 aromatic rings. The number of carbonyl (C=O) groups excluding carboxylic acids is 1. The van der Waals surface area contributed by atoms with Gasteiger partial charge in [0.25, 0.3) is 5.91 Å². The molecular weight excluding hydrogens is 354 g/mol. The Morgan fingerprint density at radius 1 is 1.28 bits per heavy atom. The van der Waals surface area contributed by atoms with Gasteiger partial charge in [-0.05, 0) is 35.9 Å². The van der Waals surface area contributed by atoms with Crippen molar-refractivity contribution in [1.82, 2.24) is 0 Å². The molecule has 1 amide bonds. The zero-order valence-electron chi connectivity index (χ0n) is 12.5. The molecule has 0 unspecified atom stereocenters. The first kappa shape index (κ1) is 16.7. The number of benzene rings is 2. The van der Waals surface area contributed by atoms with E-state index in [-0.39, 0.29) is 23.1 Å². The fraction of sp³-hybridized carbons (Fsp3) is 0.0588. The maximum atomic E-state index is 13.6. The van der Waals surface area contributed by atoms with Crippen LogP contribution in [0.1, 0.15) is 5.56 Å². The van der Waals surface area contributed by atoms with E-state index < -0.39 is 17.5 Å². The average molecular weight is 363 g/mol. The molecule has 0 fully saturated rings. The molecule has 126 valence electrons. The van der Waals surface area contributed by atoms with Crippen molar-refractivity contribution < 1.29 is 23.0 Å². The van der Waals surface area contributed by atoms with Crippen LogP contribution in [0.5, 0.6) is 11.5 Å². The van der Waals surface area contributed by atoms with Crippen LogP contribution in [0.25, 0.3) is 6.08 Å². The van der Waals surface area contributed by atoms with Crippen LogP contribution in [0.15, 0.2) is 35.9 Å². The molecule has 0 spiro atoms. The van der Waals surface area contributed by atoms with Crippen molar-refractivity contribution in [3.05, 3.63) is 58.1 Å². The first-order chi connectivity index (χ1) is 12.0. The Kier molecular flexibility index (Phi) is 4.55. The molecule has 2 aromatic carbocycles. The van der Waals surface area contributed by atoms with E-state index in [0.29, 0.717) is 23.1 Å². The summed E-state index contributed by atoms with van der Waals surface area (Å²) in [5.41, 5.74) is -0.101. The number of ether oxygens (including phenoxy) is 2. The second-order valence-electron chi connectivity index (χ2n) is 4.98. The minimum absolute atomic E-state index is 0.0255. The third kappa shape index (κ3) is 3.54. The smallest absolute Gasteiger partial charge is 0.266 e. The molecule has 1 heterocycles. The Hall–Kier alpha value is -3.11. The Morgan fingerprint density at radius 3 is 2.80 bits per heavy atom. The normalized spacial score (nSPS) is 12.6. The van der Waals surface area contributed by atoms with Crippen LogP contribution in [-0.4, -0.2) is 12.7 Å². The van der Waals surface area contributed by atoms with Crippen molar-refractivity contribution in [2.45, 2.75) is 0 Å².